The van der Waals surface area contributed by atoms with E-state index < -0.39 is 5.92 Å². The Morgan fingerprint density at radius 3 is 2.55 bits per heavy atom. The van der Waals surface area contributed by atoms with Crippen LogP contribution in [0.5, 0.6) is 11.5 Å². The molecule has 0 aliphatic carbocycles. The highest BCUT2D eigenvalue weighted by molar-refractivity contribution is 6.02. The first kappa shape index (κ1) is 22.1. The zero-order valence-electron chi connectivity index (χ0n) is 18.0. The van der Waals surface area contributed by atoms with E-state index >= 15 is 0 Å². The topological polar surface area (TPSA) is 88.2 Å². The first-order valence-corrected chi connectivity index (χ1v) is 10.1. The van der Waals surface area contributed by atoms with Crippen molar-refractivity contribution < 1.29 is 23.9 Å². The second kappa shape index (κ2) is 9.97. The molecule has 0 aromatic heterocycles. The van der Waals surface area contributed by atoms with Crippen LogP contribution in [0.15, 0.2) is 48.5 Å². The zero-order chi connectivity index (χ0) is 22.4. The number of rotatable bonds is 8. The first-order chi connectivity index (χ1) is 14.9. The van der Waals surface area contributed by atoms with Gasteiger partial charge in [0.25, 0.3) is 0 Å². The molecule has 1 saturated heterocycles. The van der Waals surface area contributed by atoms with Crippen molar-refractivity contribution in [1.82, 2.24) is 4.90 Å². The number of hydrogen-bond donors (Lipinski definition) is 1. The normalized spacial score (nSPS) is 15.5. The summed E-state index contributed by atoms with van der Waals surface area (Å²) in [5.41, 5.74) is 1.27. The third kappa shape index (κ3) is 5.33. The summed E-state index contributed by atoms with van der Waals surface area (Å²) in [6.45, 7) is 2.51. The van der Waals surface area contributed by atoms with Crippen molar-refractivity contribution in [2.75, 3.05) is 44.1 Å². The molecule has 0 radical (unpaired) electrons. The summed E-state index contributed by atoms with van der Waals surface area (Å²) in [4.78, 5) is 40.7. The summed E-state index contributed by atoms with van der Waals surface area (Å²) in [5, 5.41) is 2.75. The Hall–Kier alpha value is -3.55. The fraction of sp³-hybridized carbons (Fsp3) is 0.348. The fourth-order valence-electron chi connectivity index (χ4n) is 3.54. The minimum Gasteiger partial charge on any atom is -0.497 e. The lowest BCUT2D eigenvalue weighted by Gasteiger charge is -2.22. The number of carbonyl (C=O) groups is 3. The Morgan fingerprint density at radius 2 is 1.87 bits per heavy atom. The van der Waals surface area contributed by atoms with Crippen LogP contribution in [0.3, 0.4) is 0 Å². The lowest BCUT2D eigenvalue weighted by molar-refractivity contribution is -0.137. The predicted molar refractivity (Wildman–Crippen MR) is 117 cm³/mol. The average Bonchev–Trinajstić information content (AvgIpc) is 3.15. The number of nitrogens with one attached hydrogen (secondary N) is 1. The van der Waals surface area contributed by atoms with Crippen LogP contribution in [-0.2, 0) is 14.4 Å². The largest absolute Gasteiger partial charge is 0.497 e. The molecular weight excluding hydrogens is 398 g/mol. The number of carbonyl (C=O) groups excluding carboxylic acids is 3. The van der Waals surface area contributed by atoms with Crippen molar-refractivity contribution in [2.45, 2.75) is 13.3 Å². The third-order valence-corrected chi connectivity index (χ3v) is 5.06. The molecule has 164 valence electrons. The van der Waals surface area contributed by atoms with E-state index in [1.54, 1.807) is 49.4 Å². The van der Waals surface area contributed by atoms with Gasteiger partial charge in [-0.1, -0.05) is 12.1 Å². The highest BCUT2D eigenvalue weighted by Gasteiger charge is 2.37. The van der Waals surface area contributed by atoms with Gasteiger partial charge in [0.1, 0.15) is 11.5 Å². The molecule has 8 nitrogen and oxygen atoms in total. The maximum absolute atomic E-state index is 12.9. The number of methoxy groups -OCH3 is 1. The van der Waals surface area contributed by atoms with E-state index in [9.17, 15) is 14.4 Å². The Labute approximate surface area is 181 Å². The SMILES string of the molecule is CCOc1ccccc1N1C[C@@H](C(=O)N(C)CC(=O)Nc2ccc(OC)cc2)CC1=O. The van der Waals surface area contributed by atoms with Gasteiger partial charge >= 0.3 is 0 Å². The van der Waals surface area contributed by atoms with Crippen LogP contribution in [0.2, 0.25) is 0 Å². The number of hydrogen-bond acceptors (Lipinski definition) is 5. The molecule has 1 aliphatic rings. The maximum Gasteiger partial charge on any atom is 0.243 e. The summed E-state index contributed by atoms with van der Waals surface area (Å²) >= 11 is 0. The number of benzene rings is 2. The van der Waals surface area contributed by atoms with Gasteiger partial charge in [-0.05, 0) is 43.3 Å². The van der Waals surface area contributed by atoms with Crippen molar-refractivity contribution in [3.05, 3.63) is 48.5 Å². The number of amides is 3. The Balaban J connectivity index is 1.59. The van der Waals surface area contributed by atoms with E-state index in [1.165, 1.54) is 4.90 Å². The van der Waals surface area contributed by atoms with E-state index in [0.717, 1.165) is 0 Å². The molecule has 3 rings (SSSR count). The third-order valence-electron chi connectivity index (χ3n) is 5.06. The van der Waals surface area contributed by atoms with Gasteiger partial charge in [-0.15, -0.1) is 0 Å². The standard InChI is InChI=1S/C23H27N3O5/c1-4-31-20-8-6-5-7-19(20)26-14-16(13-22(26)28)23(29)25(2)15-21(27)24-17-9-11-18(30-3)12-10-17/h5-12,16H,4,13-15H2,1-3H3,(H,24,27)/t16-/m0/s1. The zero-order valence-corrected chi connectivity index (χ0v) is 18.0. The van der Waals surface area contributed by atoms with Gasteiger partial charge in [0.2, 0.25) is 17.7 Å². The molecule has 0 saturated carbocycles. The molecule has 2 aromatic carbocycles. The molecule has 0 unspecified atom stereocenters. The van der Waals surface area contributed by atoms with Crippen molar-refractivity contribution >= 4 is 29.1 Å². The van der Waals surface area contributed by atoms with Gasteiger partial charge in [-0.3, -0.25) is 14.4 Å². The van der Waals surface area contributed by atoms with Crippen molar-refractivity contribution in [2.24, 2.45) is 5.92 Å². The fourth-order valence-corrected chi connectivity index (χ4v) is 3.54. The molecule has 1 atom stereocenters. The van der Waals surface area contributed by atoms with Crippen LogP contribution in [0.4, 0.5) is 11.4 Å². The average molecular weight is 425 g/mol. The molecule has 31 heavy (non-hydrogen) atoms. The molecule has 2 aromatic rings. The monoisotopic (exact) mass is 425 g/mol. The van der Waals surface area contributed by atoms with E-state index in [1.807, 2.05) is 25.1 Å². The highest BCUT2D eigenvalue weighted by atomic mass is 16.5. The first-order valence-electron chi connectivity index (χ1n) is 10.1. The van der Waals surface area contributed by atoms with Crippen LogP contribution in [-0.4, -0.2) is 56.5 Å². The van der Waals surface area contributed by atoms with Gasteiger partial charge in [-0.2, -0.15) is 0 Å². The van der Waals surface area contributed by atoms with Gasteiger partial charge in [0, 0.05) is 25.7 Å². The van der Waals surface area contributed by atoms with Gasteiger partial charge < -0.3 is 24.6 Å². The Bertz CT molecular complexity index is 944. The summed E-state index contributed by atoms with van der Waals surface area (Å²) in [5.74, 6) is 0.0893. The van der Waals surface area contributed by atoms with Crippen molar-refractivity contribution in [3.8, 4) is 11.5 Å². The van der Waals surface area contributed by atoms with Crippen LogP contribution in [0, 0.1) is 5.92 Å². The summed E-state index contributed by atoms with van der Waals surface area (Å²) in [6, 6.07) is 14.2. The highest BCUT2D eigenvalue weighted by Crippen LogP contribution is 2.33. The number of nitrogens with zero attached hydrogens (tertiary/aromatic N) is 2. The van der Waals surface area contributed by atoms with E-state index in [0.29, 0.717) is 29.5 Å². The molecule has 3 amide bonds. The summed E-state index contributed by atoms with van der Waals surface area (Å²) in [6.07, 6.45) is 0.101. The Kier molecular flexibility index (Phi) is 7.12. The smallest absolute Gasteiger partial charge is 0.243 e. The second-order valence-corrected chi connectivity index (χ2v) is 7.28. The number of likely N-dealkylation sites (N-methyl/N-ethyl adjacent to an activating group) is 1. The van der Waals surface area contributed by atoms with Crippen molar-refractivity contribution in [3.63, 3.8) is 0 Å². The van der Waals surface area contributed by atoms with Gasteiger partial charge in [-0.25, -0.2) is 0 Å². The second-order valence-electron chi connectivity index (χ2n) is 7.28. The molecule has 0 spiro atoms. The predicted octanol–water partition coefficient (Wildman–Crippen LogP) is 2.54. The molecule has 1 N–H and O–H groups in total. The molecule has 1 heterocycles. The van der Waals surface area contributed by atoms with E-state index in [-0.39, 0.29) is 37.2 Å². The lowest BCUT2D eigenvalue weighted by Crippen LogP contribution is -2.39. The Morgan fingerprint density at radius 1 is 1.16 bits per heavy atom. The molecule has 0 bridgehead atoms. The van der Waals surface area contributed by atoms with Gasteiger partial charge in [0.05, 0.1) is 31.9 Å². The summed E-state index contributed by atoms with van der Waals surface area (Å²) < 4.78 is 10.7. The maximum atomic E-state index is 12.9. The minimum absolute atomic E-state index is 0.101. The molecular formula is C23H27N3O5. The molecule has 1 fully saturated rings. The number of para-hydroxylation sites is 2. The number of anilines is 2. The van der Waals surface area contributed by atoms with Crippen LogP contribution in [0.25, 0.3) is 0 Å². The lowest BCUT2D eigenvalue weighted by atomic mass is 10.1. The van der Waals surface area contributed by atoms with Gasteiger partial charge in [0.15, 0.2) is 0 Å². The number of ether oxygens (including phenoxy) is 2. The summed E-state index contributed by atoms with van der Waals surface area (Å²) in [7, 11) is 3.13. The van der Waals surface area contributed by atoms with Crippen molar-refractivity contribution in [1.29, 1.82) is 0 Å². The molecule has 1 aliphatic heterocycles. The minimum atomic E-state index is -0.513. The van der Waals surface area contributed by atoms with E-state index in [4.69, 9.17) is 9.47 Å². The van der Waals surface area contributed by atoms with Crippen LogP contribution >= 0.6 is 0 Å². The van der Waals surface area contributed by atoms with Crippen LogP contribution in [0.1, 0.15) is 13.3 Å². The van der Waals surface area contributed by atoms with Crippen LogP contribution < -0.4 is 19.7 Å². The van der Waals surface area contributed by atoms with E-state index in [2.05, 4.69) is 5.32 Å². The quantitative estimate of drug-likeness (QED) is 0.702. The molecule has 8 heteroatoms.